The van der Waals surface area contributed by atoms with Crippen molar-refractivity contribution in [2.75, 3.05) is 10.2 Å². The fourth-order valence-electron chi connectivity index (χ4n) is 3.81. The van der Waals surface area contributed by atoms with Gasteiger partial charge in [-0.25, -0.2) is 4.90 Å². The molecule has 1 heterocycles. The fourth-order valence-corrected chi connectivity index (χ4v) is 4.01. The average Bonchev–Trinajstić information content (AvgIpc) is 3.06. The van der Waals surface area contributed by atoms with E-state index >= 15 is 0 Å². The lowest BCUT2D eigenvalue weighted by Gasteiger charge is -2.17. The minimum absolute atomic E-state index is 0.0981. The monoisotopic (exact) mass is 442 g/mol. The normalized spacial score (nSPS) is 12.8. The predicted octanol–water partition coefficient (Wildman–Crippen LogP) is 5.25. The maximum absolute atomic E-state index is 12.9. The summed E-state index contributed by atoms with van der Waals surface area (Å²) >= 11 is 6.30. The van der Waals surface area contributed by atoms with Crippen molar-refractivity contribution < 1.29 is 19.5 Å². The second-order valence-electron chi connectivity index (χ2n) is 7.29. The number of phenolic OH excluding ortho intramolecular Hbond substituents is 1. The number of amides is 3. The van der Waals surface area contributed by atoms with Crippen molar-refractivity contribution in [2.45, 2.75) is 0 Å². The molecule has 7 heteroatoms. The molecule has 6 nitrogen and oxygen atoms in total. The fraction of sp³-hybridized carbons (Fsp3) is 0. The van der Waals surface area contributed by atoms with Gasteiger partial charge in [0.15, 0.2) is 0 Å². The Balaban J connectivity index is 1.48. The minimum atomic E-state index is -0.538. The summed E-state index contributed by atoms with van der Waals surface area (Å²) in [6.07, 6.45) is 0. The Kier molecular flexibility index (Phi) is 4.64. The first kappa shape index (κ1) is 19.8. The van der Waals surface area contributed by atoms with Crippen molar-refractivity contribution in [3.8, 4) is 5.75 Å². The van der Waals surface area contributed by atoms with Crippen molar-refractivity contribution in [3.63, 3.8) is 0 Å². The van der Waals surface area contributed by atoms with Gasteiger partial charge in [-0.15, -0.1) is 0 Å². The summed E-state index contributed by atoms with van der Waals surface area (Å²) in [4.78, 5) is 39.5. The van der Waals surface area contributed by atoms with Gasteiger partial charge in [0.2, 0.25) is 0 Å². The molecule has 2 N–H and O–H groups in total. The van der Waals surface area contributed by atoms with Crippen LogP contribution in [0.25, 0.3) is 10.8 Å². The summed E-state index contributed by atoms with van der Waals surface area (Å²) in [5, 5.41) is 14.8. The average molecular weight is 443 g/mol. The predicted molar refractivity (Wildman–Crippen MR) is 123 cm³/mol. The number of aromatic hydroxyl groups is 1. The summed E-state index contributed by atoms with van der Waals surface area (Å²) in [6.45, 7) is 0. The summed E-state index contributed by atoms with van der Waals surface area (Å²) < 4.78 is 0. The number of rotatable bonds is 3. The number of imide groups is 1. The number of hydrogen-bond donors (Lipinski definition) is 2. The molecule has 1 aliphatic heterocycles. The Morgan fingerprint density at radius 1 is 0.844 bits per heavy atom. The van der Waals surface area contributed by atoms with Crippen LogP contribution in [0.1, 0.15) is 31.1 Å². The number of fused-ring (bicyclic) bond motifs is 2. The van der Waals surface area contributed by atoms with Crippen LogP contribution in [0.5, 0.6) is 5.75 Å². The van der Waals surface area contributed by atoms with Crippen molar-refractivity contribution in [1.29, 1.82) is 0 Å². The van der Waals surface area contributed by atoms with Crippen LogP contribution in [0.3, 0.4) is 0 Å². The first-order valence-electron chi connectivity index (χ1n) is 9.75. The quantitative estimate of drug-likeness (QED) is 0.424. The topological polar surface area (TPSA) is 86.7 Å². The van der Waals surface area contributed by atoms with E-state index in [2.05, 4.69) is 5.32 Å². The molecule has 0 saturated carbocycles. The van der Waals surface area contributed by atoms with Gasteiger partial charge in [-0.05, 0) is 41.8 Å². The van der Waals surface area contributed by atoms with Crippen molar-refractivity contribution in [3.05, 3.63) is 101 Å². The zero-order valence-electron chi connectivity index (χ0n) is 16.5. The number of nitrogens with zero attached hydrogens (tertiary/aromatic N) is 1. The van der Waals surface area contributed by atoms with Gasteiger partial charge in [-0.1, -0.05) is 54.1 Å². The van der Waals surface area contributed by atoms with E-state index in [0.717, 1.165) is 10.3 Å². The Morgan fingerprint density at radius 2 is 1.50 bits per heavy atom. The third-order valence-corrected chi connectivity index (χ3v) is 5.70. The van der Waals surface area contributed by atoms with E-state index in [0.29, 0.717) is 22.2 Å². The number of phenols is 1. The van der Waals surface area contributed by atoms with Crippen LogP contribution in [-0.4, -0.2) is 22.8 Å². The van der Waals surface area contributed by atoms with Crippen molar-refractivity contribution >= 4 is 51.5 Å². The number of halogens is 1. The highest BCUT2D eigenvalue weighted by molar-refractivity contribution is 6.40. The molecule has 156 valence electrons. The third-order valence-electron chi connectivity index (χ3n) is 5.38. The van der Waals surface area contributed by atoms with Gasteiger partial charge < -0.3 is 10.4 Å². The molecule has 0 bridgehead atoms. The van der Waals surface area contributed by atoms with Crippen molar-refractivity contribution in [2.24, 2.45) is 0 Å². The van der Waals surface area contributed by atoms with Gasteiger partial charge >= 0.3 is 0 Å². The molecule has 5 rings (SSSR count). The highest BCUT2D eigenvalue weighted by atomic mass is 35.5. The maximum Gasteiger partial charge on any atom is 0.266 e. The molecule has 4 aromatic carbocycles. The summed E-state index contributed by atoms with van der Waals surface area (Å²) in [5.74, 6) is -1.63. The highest BCUT2D eigenvalue weighted by Gasteiger charge is 2.37. The zero-order chi connectivity index (χ0) is 22.4. The first-order valence-corrected chi connectivity index (χ1v) is 10.1. The Hall–Kier alpha value is -4.16. The number of carbonyl (C=O) groups excluding carboxylic acids is 3. The number of hydrogen-bond acceptors (Lipinski definition) is 4. The Bertz CT molecular complexity index is 1410. The van der Waals surface area contributed by atoms with E-state index in [1.807, 2.05) is 12.1 Å². The van der Waals surface area contributed by atoms with Gasteiger partial charge in [-0.3, -0.25) is 14.4 Å². The number of carbonyl (C=O) groups is 3. The number of benzene rings is 4. The highest BCUT2D eigenvalue weighted by Crippen LogP contribution is 2.36. The largest absolute Gasteiger partial charge is 0.506 e. The summed E-state index contributed by atoms with van der Waals surface area (Å²) in [6, 6.07) is 21.5. The first-order chi connectivity index (χ1) is 15.5. The van der Waals surface area contributed by atoms with Gasteiger partial charge in [0.25, 0.3) is 17.7 Å². The standard InChI is InChI=1S/C25H15ClN2O4/c26-20-12-10-15(13-21(20)28-24(31)17-7-3-4-8-18(17)25(28)32)27-23(30)19-11-9-14-5-1-2-6-16(14)22(19)29/h1-13,29H,(H,27,30). The maximum atomic E-state index is 12.9. The van der Waals surface area contributed by atoms with E-state index in [4.69, 9.17) is 11.6 Å². The van der Waals surface area contributed by atoms with Crippen LogP contribution < -0.4 is 10.2 Å². The second kappa shape index (κ2) is 7.51. The molecule has 0 radical (unpaired) electrons. The van der Waals surface area contributed by atoms with Crippen LogP contribution >= 0.6 is 11.6 Å². The van der Waals surface area contributed by atoms with E-state index in [9.17, 15) is 19.5 Å². The molecular weight excluding hydrogens is 428 g/mol. The van der Waals surface area contributed by atoms with Crippen molar-refractivity contribution in [1.82, 2.24) is 0 Å². The molecule has 0 aliphatic carbocycles. The molecule has 0 aromatic heterocycles. The number of anilines is 2. The molecule has 32 heavy (non-hydrogen) atoms. The minimum Gasteiger partial charge on any atom is -0.506 e. The molecular formula is C25H15ClN2O4. The van der Waals surface area contributed by atoms with E-state index in [-0.39, 0.29) is 22.0 Å². The molecule has 4 aromatic rings. The molecule has 0 spiro atoms. The Morgan fingerprint density at radius 3 is 2.22 bits per heavy atom. The number of nitrogens with one attached hydrogen (secondary N) is 1. The summed E-state index contributed by atoms with van der Waals surface area (Å²) in [7, 11) is 0. The molecule has 0 unspecified atom stereocenters. The molecule has 0 saturated heterocycles. The molecule has 0 atom stereocenters. The SMILES string of the molecule is O=C(Nc1ccc(Cl)c(N2C(=O)c3ccccc3C2=O)c1)c1ccc2ccccc2c1O. The van der Waals surface area contributed by atoms with Gasteiger partial charge in [0, 0.05) is 11.1 Å². The second-order valence-corrected chi connectivity index (χ2v) is 7.70. The van der Waals surface area contributed by atoms with E-state index in [1.54, 1.807) is 48.5 Å². The van der Waals surface area contributed by atoms with Crippen LogP contribution in [-0.2, 0) is 0 Å². The van der Waals surface area contributed by atoms with E-state index in [1.165, 1.54) is 18.2 Å². The zero-order valence-corrected chi connectivity index (χ0v) is 17.3. The lowest BCUT2D eigenvalue weighted by Crippen LogP contribution is -2.29. The molecule has 0 fully saturated rings. The van der Waals surface area contributed by atoms with E-state index < -0.39 is 17.7 Å². The summed E-state index contributed by atoms with van der Waals surface area (Å²) in [5.41, 5.74) is 1.17. The van der Waals surface area contributed by atoms with Gasteiger partial charge in [-0.2, -0.15) is 0 Å². The smallest absolute Gasteiger partial charge is 0.266 e. The molecule has 3 amide bonds. The van der Waals surface area contributed by atoms with Crippen LogP contribution in [0.2, 0.25) is 5.02 Å². The van der Waals surface area contributed by atoms with Crippen LogP contribution in [0, 0.1) is 0 Å². The van der Waals surface area contributed by atoms with Crippen LogP contribution in [0.15, 0.2) is 78.9 Å². The van der Waals surface area contributed by atoms with Crippen LogP contribution in [0.4, 0.5) is 11.4 Å². The molecule has 1 aliphatic rings. The van der Waals surface area contributed by atoms with Gasteiger partial charge in [0.1, 0.15) is 5.75 Å². The lowest BCUT2D eigenvalue weighted by molar-refractivity contribution is 0.0925. The van der Waals surface area contributed by atoms with Gasteiger partial charge in [0.05, 0.1) is 27.4 Å². The Labute approximate surface area is 187 Å². The third kappa shape index (κ3) is 3.09. The lowest BCUT2D eigenvalue weighted by atomic mass is 10.0.